The van der Waals surface area contributed by atoms with Gasteiger partial charge in [0.1, 0.15) is 31.0 Å². The number of rotatable bonds is 81. The second-order valence-corrected chi connectivity index (χ2v) is 37.7. The highest BCUT2D eigenvalue weighted by Crippen LogP contribution is 2.29. The first-order chi connectivity index (χ1) is 70.7. The van der Waals surface area contributed by atoms with Crippen LogP contribution in [0.4, 0.5) is 0 Å². The Morgan fingerprint density at radius 2 is 0.626 bits per heavy atom. The van der Waals surface area contributed by atoms with Gasteiger partial charge in [-0.3, -0.25) is 57.5 Å². The van der Waals surface area contributed by atoms with Crippen LogP contribution in [0, 0.1) is 12.8 Å². The van der Waals surface area contributed by atoms with Crippen LogP contribution in [0.15, 0.2) is 72.8 Å². The Morgan fingerprint density at radius 3 is 0.952 bits per heavy atom. The van der Waals surface area contributed by atoms with E-state index in [0.29, 0.717) is 101 Å². The van der Waals surface area contributed by atoms with Crippen LogP contribution >= 0.6 is 23.2 Å². The molecule has 0 saturated carbocycles. The predicted octanol–water partition coefficient (Wildman–Crippen LogP) is 29.1. The van der Waals surface area contributed by atoms with Gasteiger partial charge in [-0.2, -0.15) is 0 Å². The molecule has 0 aromatic heterocycles. The van der Waals surface area contributed by atoms with Gasteiger partial charge in [-0.1, -0.05) is 315 Å². The maximum absolute atomic E-state index is 12.3. The molecule has 2 aromatic carbocycles. The van der Waals surface area contributed by atoms with Crippen molar-refractivity contribution in [3.05, 3.63) is 94.0 Å². The molecule has 0 aliphatic heterocycles. The highest BCUT2D eigenvalue weighted by Gasteiger charge is 2.43. The van der Waals surface area contributed by atoms with Crippen molar-refractivity contribution in [2.45, 2.75) is 488 Å². The van der Waals surface area contributed by atoms with Crippen molar-refractivity contribution in [3.8, 4) is 0 Å². The van der Waals surface area contributed by atoms with E-state index in [-0.39, 0.29) is 112 Å². The summed E-state index contributed by atoms with van der Waals surface area (Å²) in [6.45, 7) is 33.4. The fourth-order valence-electron chi connectivity index (χ4n) is 13.3. The van der Waals surface area contributed by atoms with Gasteiger partial charge in [0.05, 0.1) is 78.2 Å². The summed E-state index contributed by atoms with van der Waals surface area (Å²) < 4.78 is 71.2. The molecule has 0 bridgehead atoms. The summed E-state index contributed by atoms with van der Waals surface area (Å²) in [5.41, 5.74) is -0.0151. The maximum Gasteiger partial charge on any atom is 0.344 e. The van der Waals surface area contributed by atoms with Gasteiger partial charge in [-0.05, 0) is 171 Å². The number of aryl methyl sites for hydroxylation is 1. The fourth-order valence-corrected chi connectivity index (χ4v) is 13.8. The second kappa shape index (κ2) is 110. The lowest BCUT2D eigenvalue weighted by Gasteiger charge is -2.30. The molecule has 0 fully saturated rings. The third-order valence-electron chi connectivity index (χ3n) is 22.4. The number of carbonyl (C=O) groups is 14. The Balaban J connectivity index is -0.000000544. The molecule has 0 aliphatic rings. The topological polar surface area (TPSA) is 368 Å². The minimum absolute atomic E-state index is 0.0303. The van der Waals surface area contributed by atoms with Crippen molar-refractivity contribution in [1.82, 2.24) is 0 Å². The molecule has 848 valence electrons. The van der Waals surface area contributed by atoms with Crippen molar-refractivity contribution in [3.63, 3.8) is 0 Å². The van der Waals surface area contributed by atoms with Crippen LogP contribution in [-0.2, 0) is 129 Å². The van der Waals surface area contributed by atoms with Crippen LogP contribution in [0.2, 0.25) is 10.0 Å². The summed E-state index contributed by atoms with van der Waals surface area (Å²) in [6, 6.07) is 14.5. The van der Waals surface area contributed by atoms with Gasteiger partial charge in [0.15, 0.2) is 6.61 Å². The number of halogens is 2. The lowest BCUT2D eigenvalue weighted by molar-refractivity contribution is -0.176. The molecule has 0 N–H and O–H groups in total. The molecule has 0 aliphatic carbocycles. The standard InChI is InChI=1S/C24H44O4.C21H36O8.C21H38O4.C18H32O6.C14H26O4.C12H16O2.C7H6Cl2/c1-4-6-8-15-18-23(28-22(3)25)19-16-13-11-9-10-12-14-17-20-24(26)27-21-7-5-2;1-5-8-11-26-18(23)14-21(29-17(4)22,15-19(24)27-12-9-6-2)16-20(25)28-13-10-7-3;1-4-5-6-13-16-20(25-19(2)22)17-14-11-9-7-8-10-12-15-18-21(23)24-3;1-3-5-13-22-16(19)11-9-7-8-10-12-17(20)24-15-18(21)23-14-6-4-2;1-3-5-7-9-13(15)17-11-12-18-14(16)10-8-6-4-2;1-3-10(2)9-14-12(13)11-7-5-4-6-8-11;1-5-2-3-6(8)4-7(5)9/h13,16,23H,4-12,14-15,17-21H2,1-3H3;5-16H2,1-4H3;11,14,20H,4-10,12-13,15-18H2,1-3H3;3-15H2,1-2H3;3-12H2,1-2H3;4-8,10H,3,9H2,1-2H3;2-4H,1H3/b16-13+;;14-11+;;;;. The first-order valence-corrected chi connectivity index (χ1v) is 56.4. The van der Waals surface area contributed by atoms with E-state index in [2.05, 4.69) is 77.5 Å². The molecule has 3 unspecified atom stereocenters. The number of allylic oxidation sites excluding steroid dienone is 2. The zero-order chi connectivity index (χ0) is 111. The van der Waals surface area contributed by atoms with E-state index in [9.17, 15) is 67.1 Å². The number of unbranched alkanes of at least 4 members (excludes halogenated alkanes) is 29. The average molecular weight is 2120 g/mol. The van der Waals surface area contributed by atoms with E-state index in [0.717, 1.165) is 217 Å². The maximum atomic E-state index is 12.3. The van der Waals surface area contributed by atoms with Crippen LogP contribution in [0.5, 0.6) is 0 Å². The quantitative estimate of drug-likeness (QED) is 0.0257. The number of benzene rings is 2. The van der Waals surface area contributed by atoms with Crippen LogP contribution < -0.4 is 0 Å². The van der Waals surface area contributed by atoms with Gasteiger partial charge < -0.3 is 66.3 Å². The van der Waals surface area contributed by atoms with Crippen LogP contribution in [-0.4, -0.2) is 175 Å². The van der Waals surface area contributed by atoms with Crippen molar-refractivity contribution >= 4 is 107 Å². The van der Waals surface area contributed by atoms with Crippen molar-refractivity contribution in [2.24, 2.45) is 5.92 Å². The van der Waals surface area contributed by atoms with E-state index in [1.165, 1.54) is 98.0 Å². The first kappa shape index (κ1) is 147. The zero-order valence-corrected chi connectivity index (χ0v) is 95.5. The van der Waals surface area contributed by atoms with Crippen LogP contribution in [0.3, 0.4) is 0 Å². The van der Waals surface area contributed by atoms with E-state index in [4.69, 9.17) is 84.8 Å². The minimum Gasteiger partial charge on any atom is -0.469 e. The molecule has 0 heterocycles. The van der Waals surface area contributed by atoms with E-state index in [1.807, 2.05) is 71.9 Å². The summed E-state index contributed by atoms with van der Waals surface area (Å²) in [5.74, 6) is -4.42. The van der Waals surface area contributed by atoms with E-state index >= 15 is 0 Å². The number of hydrogen-bond donors (Lipinski definition) is 0. The minimum atomic E-state index is -1.69. The normalized spacial score (nSPS) is 11.2. The van der Waals surface area contributed by atoms with Crippen LogP contribution in [0.1, 0.15) is 479 Å². The summed E-state index contributed by atoms with van der Waals surface area (Å²) in [4.78, 5) is 161. The SMILES string of the molecule is CCC(C)COC(=O)c1ccccc1.CCCCCC(=O)OCCOC(=O)CCCCC.CCCCCCC(C/C=C/CCCCCCCC(=O)OC)OC(C)=O.CCCCCCC(C/C=C/CCCCCCCC(=O)OCCCC)OC(C)=O.CCCCOC(=O)CC(CC(=O)OCCCC)(CC(=O)OCCCC)OC(C)=O.CCCCOC(=O)CCCCCCC(=O)OCC(=O)OCCCC.Cc1ccc(Cl)cc1Cl. The molecule has 3 atom stereocenters. The highest BCUT2D eigenvalue weighted by molar-refractivity contribution is 6.35. The predicted molar refractivity (Wildman–Crippen MR) is 583 cm³/mol. The molecule has 147 heavy (non-hydrogen) atoms. The fraction of sp³-hybridized carbons (Fsp3) is 0.744. The summed E-state index contributed by atoms with van der Waals surface area (Å²) in [7, 11) is 1.44. The molecule has 0 spiro atoms. The molecule has 0 radical (unpaired) electrons. The summed E-state index contributed by atoms with van der Waals surface area (Å²) in [5, 5.41) is 1.41. The number of methoxy groups -OCH3 is 1. The molecule has 30 heteroatoms. The van der Waals surface area contributed by atoms with Crippen molar-refractivity contribution < 1.29 is 133 Å². The number of esters is 14. The summed E-state index contributed by atoms with van der Waals surface area (Å²) in [6.07, 6.45) is 57.2. The Bertz CT molecular complexity index is 3580. The lowest BCUT2D eigenvalue weighted by atomic mass is 9.91. The summed E-state index contributed by atoms with van der Waals surface area (Å²) >= 11 is 11.4. The highest BCUT2D eigenvalue weighted by atomic mass is 35.5. The second-order valence-electron chi connectivity index (χ2n) is 36.8. The van der Waals surface area contributed by atoms with E-state index in [1.54, 1.807) is 18.2 Å². The molecule has 28 nitrogen and oxygen atoms in total. The van der Waals surface area contributed by atoms with Gasteiger partial charge in [0, 0.05) is 82.2 Å². The zero-order valence-electron chi connectivity index (χ0n) is 94.0. The third-order valence-corrected chi connectivity index (χ3v) is 23.0. The molecular weight excluding hydrogens is 1920 g/mol. The smallest absolute Gasteiger partial charge is 0.344 e. The molecule has 0 amide bonds. The molecule has 0 saturated heterocycles. The number of carbonyl (C=O) groups excluding carboxylic acids is 14. The third kappa shape index (κ3) is 108. The van der Waals surface area contributed by atoms with Gasteiger partial charge in [-0.25, -0.2) is 9.59 Å². The van der Waals surface area contributed by atoms with E-state index < -0.39 is 54.7 Å². The average Bonchev–Trinajstić information content (AvgIpc) is 0.827. The number of hydrogen-bond acceptors (Lipinski definition) is 28. The van der Waals surface area contributed by atoms with Gasteiger partial charge in [0.2, 0.25) is 0 Å². The Kier molecular flexibility index (Phi) is 109. The Labute approximate surface area is 896 Å². The van der Waals surface area contributed by atoms with Crippen molar-refractivity contribution in [2.75, 3.05) is 73.2 Å². The Hall–Kier alpha value is -8.92. The van der Waals surface area contributed by atoms with Gasteiger partial charge >= 0.3 is 83.6 Å². The number of ether oxygens (including phenoxy) is 14. The van der Waals surface area contributed by atoms with Gasteiger partial charge in [-0.15, -0.1) is 0 Å². The molecular formula is C117H198Cl2O28. The largest absolute Gasteiger partial charge is 0.469 e. The first-order valence-electron chi connectivity index (χ1n) is 55.7. The molecule has 2 rings (SSSR count). The van der Waals surface area contributed by atoms with Crippen LogP contribution in [0.25, 0.3) is 0 Å². The monoisotopic (exact) mass is 2120 g/mol. The lowest BCUT2D eigenvalue weighted by Crippen LogP contribution is -2.42. The molecule has 2 aromatic rings. The van der Waals surface area contributed by atoms with Gasteiger partial charge in [0.25, 0.3) is 0 Å². The van der Waals surface area contributed by atoms with Crippen molar-refractivity contribution in [1.29, 1.82) is 0 Å². The Morgan fingerprint density at radius 1 is 0.320 bits per heavy atom.